The van der Waals surface area contributed by atoms with Gasteiger partial charge in [-0.15, -0.1) is 0 Å². The van der Waals surface area contributed by atoms with Gasteiger partial charge in [0.05, 0.1) is 12.6 Å². The molecular weight excluding hydrogens is 240 g/mol. The predicted molar refractivity (Wildman–Crippen MR) is 70.3 cm³/mol. The van der Waals surface area contributed by atoms with Crippen LogP contribution in [0.5, 0.6) is 0 Å². The fourth-order valence-corrected chi connectivity index (χ4v) is 4.13. The van der Waals surface area contributed by atoms with E-state index in [0.717, 1.165) is 36.0 Å². The Labute approximate surface area is 112 Å². The molecule has 0 radical (unpaired) electrons. The maximum absolute atomic E-state index is 12.7. The zero-order chi connectivity index (χ0) is 13.0. The second kappa shape index (κ2) is 4.13. The van der Waals surface area contributed by atoms with Crippen LogP contribution in [0.15, 0.2) is 18.2 Å². The third-order valence-corrected chi connectivity index (χ3v) is 5.00. The maximum atomic E-state index is 12.7. The molecule has 2 fully saturated rings. The molecule has 0 aromatic heterocycles. The number of carbonyl (C=O) groups is 1. The first kappa shape index (κ1) is 11.6. The van der Waals surface area contributed by atoms with Crippen LogP contribution in [0.1, 0.15) is 46.8 Å². The average molecular weight is 258 g/mol. The van der Waals surface area contributed by atoms with Crippen molar-refractivity contribution in [2.75, 3.05) is 0 Å². The number of fused-ring (bicyclic) bond motifs is 2. The van der Waals surface area contributed by atoms with Gasteiger partial charge in [-0.2, -0.15) is 0 Å². The van der Waals surface area contributed by atoms with Gasteiger partial charge in [0.15, 0.2) is 5.78 Å². The van der Waals surface area contributed by atoms with Crippen LogP contribution in [0.4, 0.5) is 0 Å². The number of aliphatic hydroxyl groups excluding tert-OH is 1. The van der Waals surface area contributed by atoms with Crippen molar-refractivity contribution in [1.29, 1.82) is 0 Å². The summed E-state index contributed by atoms with van der Waals surface area (Å²) in [5.41, 5.74) is 9.53. The minimum absolute atomic E-state index is 0.0269. The van der Waals surface area contributed by atoms with Gasteiger partial charge < -0.3 is 5.11 Å². The van der Waals surface area contributed by atoms with Crippen LogP contribution in [-0.2, 0) is 6.61 Å². The molecule has 4 nitrogen and oxygen atoms in total. The number of Topliss-reactive ketones (excluding diaryl/α,β-unsaturated/α-hetero) is 1. The normalized spacial score (nSPS) is 35.9. The van der Waals surface area contributed by atoms with Crippen molar-refractivity contribution >= 4 is 5.78 Å². The first-order valence-corrected chi connectivity index (χ1v) is 7.08. The number of aliphatic hydroxyl groups is 1. The lowest BCUT2D eigenvalue weighted by Crippen LogP contribution is -2.42. The highest BCUT2D eigenvalue weighted by Gasteiger charge is 2.50. The van der Waals surface area contributed by atoms with Gasteiger partial charge in [0, 0.05) is 23.4 Å². The van der Waals surface area contributed by atoms with Crippen molar-refractivity contribution in [3.63, 3.8) is 0 Å². The van der Waals surface area contributed by atoms with Crippen LogP contribution in [0, 0.1) is 11.8 Å². The molecular formula is C15H18N2O2. The SMILES string of the molecule is O=C1c2ccc(CO)cc2C2NNC3CCCC1C32. The summed E-state index contributed by atoms with van der Waals surface area (Å²) in [7, 11) is 0. The predicted octanol–water partition coefficient (Wildman–Crippen LogP) is 1.31. The van der Waals surface area contributed by atoms with Gasteiger partial charge in [0.1, 0.15) is 0 Å². The molecule has 4 unspecified atom stereocenters. The van der Waals surface area contributed by atoms with E-state index in [1.54, 1.807) is 0 Å². The largest absolute Gasteiger partial charge is 0.392 e. The molecule has 2 aliphatic carbocycles. The summed E-state index contributed by atoms with van der Waals surface area (Å²) in [6.07, 6.45) is 3.29. The zero-order valence-corrected chi connectivity index (χ0v) is 10.7. The van der Waals surface area contributed by atoms with Crippen LogP contribution >= 0.6 is 0 Å². The fourth-order valence-electron chi connectivity index (χ4n) is 4.13. The van der Waals surface area contributed by atoms with E-state index in [9.17, 15) is 9.90 Å². The summed E-state index contributed by atoms with van der Waals surface area (Å²) in [5.74, 6) is 0.845. The van der Waals surface area contributed by atoms with Gasteiger partial charge in [-0.25, -0.2) is 5.43 Å². The van der Waals surface area contributed by atoms with E-state index in [0.29, 0.717) is 17.7 Å². The van der Waals surface area contributed by atoms with Crippen molar-refractivity contribution in [1.82, 2.24) is 10.9 Å². The van der Waals surface area contributed by atoms with Gasteiger partial charge in [-0.1, -0.05) is 24.6 Å². The molecule has 1 aliphatic heterocycles. The molecule has 100 valence electrons. The molecule has 1 saturated heterocycles. The molecule has 0 bridgehead atoms. The lowest BCUT2D eigenvalue weighted by Gasteiger charge is -2.39. The number of nitrogens with one attached hydrogen (secondary N) is 2. The Balaban J connectivity index is 1.86. The number of hydrazine groups is 1. The summed E-state index contributed by atoms with van der Waals surface area (Å²) >= 11 is 0. The van der Waals surface area contributed by atoms with Crippen LogP contribution in [0.3, 0.4) is 0 Å². The molecule has 1 aromatic rings. The number of benzene rings is 1. The molecule has 3 N–H and O–H groups in total. The van der Waals surface area contributed by atoms with Crippen molar-refractivity contribution in [2.24, 2.45) is 11.8 Å². The Kier molecular flexibility index (Phi) is 2.52. The van der Waals surface area contributed by atoms with Crippen LogP contribution in [0.25, 0.3) is 0 Å². The van der Waals surface area contributed by atoms with Crippen LogP contribution in [-0.4, -0.2) is 16.9 Å². The van der Waals surface area contributed by atoms with Gasteiger partial charge >= 0.3 is 0 Å². The van der Waals surface area contributed by atoms with Crippen LogP contribution in [0.2, 0.25) is 0 Å². The first-order chi connectivity index (χ1) is 9.29. The minimum Gasteiger partial charge on any atom is -0.392 e. The monoisotopic (exact) mass is 258 g/mol. The Morgan fingerprint density at radius 2 is 2.16 bits per heavy atom. The van der Waals surface area contributed by atoms with Crippen molar-refractivity contribution < 1.29 is 9.90 Å². The van der Waals surface area contributed by atoms with E-state index in [-0.39, 0.29) is 18.6 Å². The van der Waals surface area contributed by atoms with E-state index < -0.39 is 0 Å². The number of ketones is 1. The number of hydrogen-bond donors (Lipinski definition) is 3. The lowest BCUT2D eigenvalue weighted by molar-refractivity contribution is 0.0770. The Hall–Kier alpha value is -1.23. The van der Waals surface area contributed by atoms with Gasteiger partial charge in [-0.05, 0) is 24.0 Å². The highest BCUT2D eigenvalue weighted by atomic mass is 16.3. The van der Waals surface area contributed by atoms with Crippen molar-refractivity contribution in [3.8, 4) is 0 Å². The third kappa shape index (κ3) is 1.54. The standard InChI is InChI=1S/C15H18N2O2/c18-7-8-4-5-9-11(6-8)14-13-10(15(9)19)2-1-3-12(13)16-17-14/h4-6,10,12-14,16-18H,1-3,7H2. The van der Waals surface area contributed by atoms with Gasteiger partial charge in [-0.3, -0.25) is 10.2 Å². The maximum Gasteiger partial charge on any atom is 0.166 e. The molecule has 4 rings (SSSR count). The topological polar surface area (TPSA) is 61.4 Å². The Bertz CT molecular complexity index is 543. The molecule has 0 spiro atoms. The molecule has 1 saturated carbocycles. The van der Waals surface area contributed by atoms with Crippen molar-refractivity contribution in [3.05, 3.63) is 34.9 Å². The van der Waals surface area contributed by atoms with E-state index in [2.05, 4.69) is 10.9 Å². The third-order valence-electron chi connectivity index (χ3n) is 5.00. The quantitative estimate of drug-likeness (QED) is 0.711. The molecule has 3 aliphatic rings. The zero-order valence-electron chi connectivity index (χ0n) is 10.7. The second-order valence-corrected chi connectivity index (χ2v) is 5.93. The molecule has 4 heteroatoms. The smallest absolute Gasteiger partial charge is 0.166 e. The Morgan fingerprint density at radius 3 is 3.00 bits per heavy atom. The number of carbonyl (C=O) groups excluding carboxylic acids is 1. The molecule has 4 atom stereocenters. The minimum atomic E-state index is 0.0269. The highest BCUT2D eigenvalue weighted by molar-refractivity contribution is 6.01. The Morgan fingerprint density at radius 1 is 1.26 bits per heavy atom. The highest BCUT2D eigenvalue weighted by Crippen LogP contribution is 2.47. The summed E-state index contributed by atoms with van der Waals surface area (Å²) in [6, 6.07) is 6.37. The molecule has 1 aromatic carbocycles. The molecule has 19 heavy (non-hydrogen) atoms. The summed E-state index contributed by atoms with van der Waals surface area (Å²) in [6.45, 7) is 0.0269. The van der Waals surface area contributed by atoms with Gasteiger partial charge in [0.25, 0.3) is 0 Å². The number of rotatable bonds is 1. The van der Waals surface area contributed by atoms with E-state index in [1.165, 1.54) is 0 Å². The van der Waals surface area contributed by atoms with E-state index >= 15 is 0 Å². The van der Waals surface area contributed by atoms with Crippen molar-refractivity contribution in [2.45, 2.75) is 38.0 Å². The van der Waals surface area contributed by atoms with E-state index in [1.807, 2.05) is 18.2 Å². The summed E-state index contributed by atoms with van der Waals surface area (Å²) in [4.78, 5) is 12.7. The summed E-state index contributed by atoms with van der Waals surface area (Å²) < 4.78 is 0. The summed E-state index contributed by atoms with van der Waals surface area (Å²) in [5, 5.41) is 9.29. The van der Waals surface area contributed by atoms with Crippen LogP contribution < -0.4 is 10.9 Å². The van der Waals surface area contributed by atoms with E-state index in [4.69, 9.17) is 0 Å². The number of hydrogen-bond acceptors (Lipinski definition) is 4. The second-order valence-electron chi connectivity index (χ2n) is 5.93. The first-order valence-electron chi connectivity index (χ1n) is 7.08. The van der Waals surface area contributed by atoms with Gasteiger partial charge in [0.2, 0.25) is 0 Å². The molecule has 0 amide bonds. The molecule has 1 heterocycles. The fraction of sp³-hybridized carbons (Fsp3) is 0.533. The lowest BCUT2D eigenvalue weighted by atomic mass is 9.64. The average Bonchev–Trinajstić information content (AvgIpc) is 2.89.